The third kappa shape index (κ3) is 36.3. The second-order valence-electron chi connectivity index (χ2n) is 19.7. The lowest BCUT2D eigenvalue weighted by Crippen LogP contribution is -2.60. The molecule has 1 amide bonds. The molecule has 9 heteroatoms. The van der Waals surface area contributed by atoms with Gasteiger partial charge in [0.15, 0.2) is 6.29 Å². The lowest BCUT2D eigenvalue weighted by molar-refractivity contribution is -0.302. The number of aliphatic hydroxyl groups excluding tert-OH is 5. The minimum Gasteiger partial charge on any atom is -0.394 e. The van der Waals surface area contributed by atoms with Crippen LogP contribution in [0, 0.1) is 0 Å². The normalized spacial score (nSPS) is 20.0. The summed E-state index contributed by atoms with van der Waals surface area (Å²) in [6, 6.07) is -0.805. The van der Waals surface area contributed by atoms with Crippen molar-refractivity contribution in [3.63, 3.8) is 0 Å². The highest BCUT2D eigenvalue weighted by molar-refractivity contribution is 5.76. The Bertz CT molecular complexity index is 1070. The van der Waals surface area contributed by atoms with Gasteiger partial charge in [0.05, 0.1) is 25.4 Å². The molecular weight excluding hydrogens is 815 g/mol. The van der Waals surface area contributed by atoms with Gasteiger partial charge in [0, 0.05) is 6.42 Å². The second kappa shape index (κ2) is 46.4. The molecule has 1 heterocycles. The van der Waals surface area contributed by atoms with E-state index in [-0.39, 0.29) is 12.5 Å². The summed E-state index contributed by atoms with van der Waals surface area (Å²) in [6.45, 7) is 3.81. The zero-order valence-corrected chi connectivity index (χ0v) is 42.5. The summed E-state index contributed by atoms with van der Waals surface area (Å²) in [7, 11) is 0. The first kappa shape index (κ1) is 61.7. The van der Waals surface area contributed by atoms with Gasteiger partial charge in [0.25, 0.3) is 0 Å². The van der Waals surface area contributed by atoms with Crippen LogP contribution in [0.2, 0.25) is 0 Å². The minimum absolute atomic E-state index is 0.176. The molecule has 7 unspecified atom stereocenters. The molecule has 65 heavy (non-hydrogen) atoms. The predicted molar refractivity (Wildman–Crippen MR) is 272 cm³/mol. The average Bonchev–Trinajstić information content (AvgIpc) is 3.31. The van der Waals surface area contributed by atoms with Crippen LogP contribution in [0.5, 0.6) is 0 Å². The van der Waals surface area contributed by atoms with Gasteiger partial charge in [0.1, 0.15) is 24.4 Å². The summed E-state index contributed by atoms with van der Waals surface area (Å²) in [5, 5.41) is 54.5. The minimum atomic E-state index is -1.57. The van der Waals surface area contributed by atoms with Gasteiger partial charge in [0.2, 0.25) is 5.91 Å². The highest BCUT2D eigenvalue weighted by atomic mass is 16.7. The molecule has 0 aromatic carbocycles. The number of ether oxygens (including phenoxy) is 2. The second-order valence-corrected chi connectivity index (χ2v) is 19.7. The van der Waals surface area contributed by atoms with Crippen molar-refractivity contribution in [1.29, 1.82) is 0 Å². The predicted octanol–water partition coefficient (Wildman–Crippen LogP) is 13.4. The van der Waals surface area contributed by atoms with Crippen LogP contribution < -0.4 is 5.32 Å². The Morgan fingerprint density at radius 2 is 0.862 bits per heavy atom. The number of hydrogen-bond acceptors (Lipinski definition) is 8. The van der Waals surface area contributed by atoms with Crippen LogP contribution in [0.4, 0.5) is 0 Å². The summed E-state index contributed by atoms with van der Waals surface area (Å²) >= 11 is 0. The number of unbranched alkanes of at least 4 members (excludes halogenated alkanes) is 36. The Labute approximate surface area is 400 Å². The Morgan fingerprint density at radius 1 is 0.508 bits per heavy atom. The molecule has 1 fully saturated rings. The van der Waals surface area contributed by atoms with E-state index in [4.69, 9.17) is 9.47 Å². The zero-order chi connectivity index (χ0) is 47.3. The number of carbonyl (C=O) groups excluding carboxylic acids is 1. The largest absolute Gasteiger partial charge is 0.394 e. The van der Waals surface area contributed by atoms with Gasteiger partial charge < -0.3 is 40.3 Å². The number of carbonyl (C=O) groups is 1. The van der Waals surface area contributed by atoms with Gasteiger partial charge in [-0.1, -0.05) is 244 Å². The molecule has 6 N–H and O–H groups in total. The average molecular weight is 922 g/mol. The molecule has 0 saturated carbocycles. The van der Waals surface area contributed by atoms with Gasteiger partial charge in [-0.15, -0.1) is 0 Å². The molecule has 0 radical (unpaired) electrons. The Hall–Kier alpha value is -1.33. The van der Waals surface area contributed by atoms with Crippen molar-refractivity contribution in [3.8, 4) is 0 Å². The maximum absolute atomic E-state index is 13.0. The van der Waals surface area contributed by atoms with Gasteiger partial charge in [-0.2, -0.15) is 0 Å². The third-order valence-electron chi connectivity index (χ3n) is 13.5. The zero-order valence-electron chi connectivity index (χ0n) is 42.5. The summed E-state index contributed by atoms with van der Waals surface area (Å²) < 4.78 is 11.3. The van der Waals surface area contributed by atoms with Crippen molar-refractivity contribution < 1.29 is 39.8 Å². The molecule has 0 spiro atoms. The summed E-state index contributed by atoms with van der Waals surface area (Å²) in [6.07, 6.45) is 50.9. The first-order valence-electron chi connectivity index (χ1n) is 28.1. The van der Waals surface area contributed by atoms with Crippen molar-refractivity contribution in [2.24, 2.45) is 0 Å². The fraction of sp³-hybridized carbons (Fsp3) is 0.911. The maximum atomic E-state index is 13.0. The molecule has 1 rings (SSSR count). The number of allylic oxidation sites excluding steroid dienone is 3. The topological polar surface area (TPSA) is 149 Å². The van der Waals surface area contributed by atoms with E-state index in [9.17, 15) is 30.3 Å². The number of hydrogen-bond donors (Lipinski definition) is 6. The Kier molecular flexibility index (Phi) is 44.0. The van der Waals surface area contributed by atoms with Gasteiger partial charge >= 0.3 is 0 Å². The van der Waals surface area contributed by atoms with Crippen LogP contribution in [-0.2, 0) is 14.3 Å². The molecule has 0 aliphatic carbocycles. The monoisotopic (exact) mass is 922 g/mol. The van der Waals surface area contributed by atoms with Gasteiger partial charge in [-0.3, -0.25) is 4.79 Å². The number of nitrogens with one attached hydrogen (secondary N) is 1. The van der Waals surface area contributed by atoms with Crippen LogP contribution in [0.1, 0.15) is 271 Å². The van der Waals surface area contributed by atoms with Crippen molar-refractivity contribution in [1.82, 2.24) is 5.32 Å². The number of aliphatic hydroxyl groups is 5. The maximum Gasteiger partial charge on any atom is 0.220 e. The number of rotatable bonds is 48. The molecule has 1 aliphatic rings. The molecule has 7 atom stereocenters. The quantitative estimate of drug-likeness (QED) is 0.0261. The van der Waals surface area contributed by atoms with Crippen LogP contribution >= 0.6 is 0 Å². The highest BCUT2D eigenvalue weighted by Crippen LogP contribution is 2.23. The van der Waals surface area contributed by atoms with E-state index < -0.39 is 49.5 Å². The van der Waals surface area contributed by atoms with E-state index >= 15 is 0 Å². The third-order valence-corrected chi connectivity index (χ3v) is 13.5. The van der Waals surface area contributed by atoms with E-state index in [1.54, 1.807) is 6.08 Å². The van der Waals surface area contributed by atoms with Crippen LogP contribution in [-0.4, -0.2) is 87.5 Å². The van der Waals surface area contributed by atoms with Crippen LogP contribution in [0.15, 0.2) is 24.3 Å². The summed E-state index contributed by atoms with van der Waals surface area (Å²) in [5.41, 5.74) is 0. The van der Waals surface area contributed by atoms with Crippen molar-refractivity contribution >= 4 is 5.91 Å². The standard InChI is InChI=1S/C56H107NO8/c1-3-5-7-9-11-13-15-17-19-21-23-24-25-26-27-28-30-32-34-36-38-40-42-44-46-52(60)57-49(48-64-56-55(63)54(62)53(61)51(47-58)65-56)50(59)45-43-41-39-37-35-33-31-29-22-20-18-16-14-12-10-8-6-4-2/h26-27,43,45,49-51,53-56,58-59,61-63H,3-25,28-42,44,46-48H2,1-2H3,(H,57,60)/b27-26-,45-43+. The fourth-order valence-corrected chi connectivity index (χ4v) is 9.04. The Balaban J connectivity index is 2.24. The Morgan fingerprint density at radius 3 is 1.25 bits per heavy atom. The molecule has 0 aromatic rings. The molecular formula is C56H107NO8. The van der Waals surface area contributed by atoms with Crippen molar-refractivity contribution in [2.75, 3.05) is 13.2 Å². The van der Waals surface area contributed by atoms with E-state index in [0.29, 0.717) is 6.42 Å². The lowest BCUT2D eigenvalue weighted by atomic mass is 9.99. The molecule has 0 bridgehead atoms. The van der Waals surface area contributed by atoms with Crippen LogP contribution in [0.25, 0.3) is 0 Å². The molecule has 9 nitrogen and oxygen atoms in total. The first-order valence-corrected chi connectivity index (χ1v) is 28.1. The van der Waals surface area contributed by atoms with E-state index in [0.717, 1.165) is 38.5 Å². The lowest BCUT2D eigenvalue weighted by Gasteiger charge is -2.40. The first-order chi connectivity index (χ1) is 31.8. The summed E-state index contributed by atoms with van der Waals surface area (Å²) in [4.78, 5) is 13.0. The number of amides is 1. The van der Waals surface area contributed by atoms with Crippen LogP contribution in [0.3, 0.4) is 0 Å². The molecule has 0 aromatic heterocycles. The SMILES string of the molecule is CCCCCCCCCCCCCC/C=C\CCCCCCCCCCC(=O)NC(COC1OC(CO)C(O)C(O)C1O)C(O)/C=C/CCCCCCCCCCCCCCCCCC. The van der Waals surface area contributed by atoms with Gasteiger partial charge in [-0.05, 0) is 44.9 Å². The van der Waals surface area contributed by atoms with Gasteiger partial charge in [-0.25, -0.2) is 0 Å². The van der Waals surface area contributed by atoms with Crippen molar-refractivity contribution in [2.45, 2.75) is 314 Å². The van der Waals surface area contributed by atoms with E-state index in [1.165, 1.54) is 212 Å². The highest BCUT2D eigenvalue weighted by Gasteiger charge is 2.44. The molecule has 1 aliphatic heterocycles. The molecule has 1 saturated heterocycles. The smallest absolute Gasteiger partial charge is 0.220 e. The fourth-order valence-electron chi connectivity index (χ4n) is 9.04. The summed E-state index contributed by atoms with van der Waals surface area (Å²) in [5.74, 6) is -0.176. The van der Waals surface area contributed by atoms with E-state index in [1.807, 2.05) is 6.08 Å². The molecule has 384 valence electrons. The van der Waals surface area contributed by atoms with Crippen molar-refractivity contribution in [3.05, 3.63) is 24.3 Å². The van der Waals surface area contributed by atoms with E-state index in [2.05, 4.69) is 31.3 Å².